The molecule has 0 unspecified atom stereocenters. The van der Waals surface area contributed by atoms with E-state index in [0.717, 1.165) is 16.9 Å². The molecule has 0 atom stereocenters. The van der Waals surface area contributed by atoms with Gasteiger partial charge in [0.1, 0.15) is 12.4 Å². The summed E-state index contributed by atoms with van der Waals surface area (Å²) in [5.41, 5.74) is 2.80. The minimum Gasteiger partial charge on any atom is -0.491 e. The highest BCUT2D eigenvalue weighted by molar-refractivity contribution is 5.94. The van der Waals surface area contributed by atoms with Crippen LogP contribution in [-0.4, -0.2) is 31.5 Å². The van der Waals surface area contributed by atoms with Crippen molar-refractivity contribution in [3.05, 3.63) is 65.2 Å². The molecule has 2 aromatic rings. The van der Waals surface area contributed by atoms with Crippen LogP contribution in [0.1, 0.15) is 34.3 Å². The van der Waals surface area contributed by atoms with E-state index in [4.69, 9.17) is 4.74 Å². The average molecular weight is 354 g/mol. The summed E-state index contributed by atoms with van der Waals surface area (Å²) < 4.78 is 5.75. The van der Waals surface area contributed by atoms with E-state index < -0.39 is 0 Å². The van der Waals surface area contributed by atoms with Gasteiger partial charge < -0.3 is 15.4 Å². The minimum absolute atomic E-state index is 0.0379. The Morgan fingerprint density at radius 3 is 2.27 bits per heavy atom. The molecular weight excluding hydrogens is 328 g/mol. The van der Waals surface area contributed by atoms with Gasteiger partial charge >= 0.3 is 0 Å². The zero-order valence-corrected chi connectivity index (χ0v) is 15.4. The Kier molecular flexibility index (Phi) is 7.68. The molecule has 0 radical (unpaired) electrons. The Balaban J connectivity index is 1.57. The maximum absolute atomic E-state index is 11.9. The molecule has 0 saturated heterocycles. The quantitative estimate of drug-likeness (QED) is 0.680. The molecule has 0 aromatic heterocycles. The maximum Gasteiger partial charge on any atom is 0.251 e. The molecule has 2 amide bonds. The van der Waals surface area contributed by atoms with Crippen molar-refractivity contribution in [2.24, 2.45) is 0 Å². The summed E-state index contributed by atoms with van der Waals surface area (Å²) in [6, 6.07) is 15.0. The van der Waals surface area contributed by atoms with Gasteiger partial charge in [-0.1, -0.05) is 36.4 Å². The van der Waals surface area contributed by atoms with E-state index in [1.54, 1.807) is 12.1 Å². The maximum atomic E-state index is 11.9. The van der Waals surface area contributed by atoms with Gasteiger partial charge in [0.25, 0.3) is 5.91 Å². The second-order valence-corrected chi connectivity index (χ2v) is 6.14. The van der Waals surface area contributed by atoms with Crippen molar-refractivity contribution in [3.63, 3.8) is 0 Å². The second-order valence-electron chi connectivity index (χ2n) is 6.14. The number of aryl methyl sites for hydroxylation is 2. The number of nitrogens with one attached hydrogen (secondary N) is 2. The summed E-state index contributed by atoms with van der Waals surface area (Å²) in [5.74, 6) is 0.724. The molecule has 0 saturated carbocycles. The molecule has 0 aliphatic heterocycles. The van der Waals surface area contributed by atoms with Gasteiger partial charge in [0.2, 0.25) is 5.91 Å². The summed E-state index contributed by atoms with van der Waals surface area (Å²) in [4.78, 5) is 23.7. The topological polar surface area (TPSA) is 67.4 Å². The summed E-state index contributed by atoms with van der Waals surface area (Å²) in [7, 11) is 0. The highest BCUT2D eigenvalue weighted by atomic mass is 16.5. The molecule has 0 bridgehead atoms. The van der Waals surface area contributed by atoms with E-state index in [0.29, 0.717) is 38.1 Å². The lowest BCUT2D eigenvalue weighted by Gasteiger charge is -2.12. The van der Waals surface area contributed by atoms with Gasteiger partial charge in [-0.05, 0) is 43.5 Å². The molecule has 0 aliphatic carbocycles. The Labute approximate surface area is 154 Å². The molecule has 0 aliphatic rings. The van der Waals surface area contributed by atoms with Crippen molar-refractivity contribution in [1.82, 2.24) is 10.6 Å². The zero-order valence-electron chi connectivity index (χ0n) is 15.4. The number of hydrogen-bond acceptors (Lipinski definition) is 3. The smallest absolute Gasteiger partial charge is 0.251 e. The molecule has 5 heteroatoms. The third-order valence-electron chi connectivity index (χ3n) is 3.98. The Morgan fingerprint density at radius 2 is 1.58 bits per heavy atom. The van der Waals surface area contributed by atoms with Crippen LogP contribution in [-0.2, 0) is 4.79 Å². The lowest BCUT2D eigenvalue weighted by Crippen LogP contribution is -2.30. The third kappa shape index (κ3) is 6.24. The molecule has 0 spiro atoms. The van der Waals surface area contributed by atoms with Crippen molar-refractivity contribution < 1.29 is 14.3 Å². The largest absolute Gasteiger partial charge is 0.491 e. The third-order valence-corrected chi connectivity index (χ3v) is 3.98. The molecular formula is C21H26N2O3. The number of carbonyl (C=O) groups is 2. The highest BCUT2D eigenvalue weighted by Gasteiger charge is 2.06. The monoisotopic (exact) mass is 354 g/mol. The fourth-order valence-electron chi connectivity index (χ4n) is 2.60. The van der Waals surface area contributed by atoms with Crippen LogP contribution in [0.5, 0.6) is 5.75 Å². The first kappa shape index (κ1) is 19.5. The molecule has 2 rings (SSSR count). The van der Waals surface area contributed by atoms with Crippen molar-refractivity contribution in [2.75, 3.05) is 19.7 Å². The second kappa shape index (κ2) is 10.2. The van der Waals surface area contributed by atoms with Crippen LogP contribution >= 0.6 is 0 Å². The Morgan fingerprint density at radius 1 is 0.885 bits per heavy atom. The van der Waals surface area contributed by atoms with Crippen molar-refractivity contribution >= 4 is 11.8 Å². The normalized spacial score (nSPS) is 10.2. The lowest BCUT2D eigenvalue weighted by molar-refractivity contribution is -0.121. The van der Waals surface area contributed by atoms with Crippen LogP contribution in [0.3, 0.4) is 0 Å². The van der Waals surface area contributed by atoms with Gasteiger partial charge in [-0.15, -0.1) is 0 Å². The van der Waals surface area contributed by atoms with Crippen molar-refractivity contribution in [2.45, 2.75) is 26.7 Å². The van der Waals surface area contributed by atoms with Crippen LogP contribution in [0.2, 0.25) is 0 Å². The number of para-hydroxylation sites is 1. The van der Waals surface area contributed by atoms with E-state index in [1.165, 1.54) is 0 Å². The number of carbonyl (C=O) groups excluding carboxylic acids is 2. The van der Waals surface area contributed by atoms with Gasteiger partial charge in [-0.3, -0.25) is 9.59 Å². The van der Waals surface area contributed by atoms with Crippen LogP contribution in [0.25, 0.3) is 0 Å². The summed E-state index contributed by atoms with van der Waals surface area (Å²) in [5, 5.41) is 5.65. The Bertz CT molecular complexity index is 709. The number of ether oxygens (including phenoxy) is 1. The molecule has 0 heterocycles. The highest BCUT2D eigenvalue weighted by Crippen LogP contribution is 2.21. The van der Waals surface area contributed by atoms with E-state index in [2.05, 4.69) is 10.6 Å². The number of hydrogen-bond donors (Lipinski definition) is 2. The predicted molar refractivity (Wildman–Crippen MR) is 102 cm³/mol. The first-order valence-electron chi connectivity index (χ1n) is 8.87. The predicted octanol–water partition coefficient (Wildman–Crippen LogP) is 3.01. The van der Waals surface area contributed by atoms with Crippen molar-refractivity contribution in [1.29, 1.82) is 0 Å². The molecule has 0 fully saturated rings. The number of rotatable bonds is 9. The zero-order chi connectivity index (χ0) is 18.8. The van der Waals surface area contributed by atoms with E-state index >= 15 is 0 Å². The van der Waals surface area contributed by atoms with Gasteiger partial charge in [0.15, 0.2) is 0 Å². The SMILES string of the molecule is Cc1cccc(C)c1OCCNC(=O)CCCNC(=O)c1ccccc1. The lowest BCUT2D eigenvalue weighted by atomic mass is 10.1. The molecule has 2 aromatic carbocycles. The van der Waals surface area contributed by atoms with Crippen LogP contribution < -0.4 is 15.4 Å². The molecule has 5 nitrogen and oxygen atoms in total. The van der Waals surface area contributed by atoms with Crippen molar-refractivity contribution in [3.8, 4) is 5.75 Å². The first-order chi connectivity index (χ1) is 12.6. The van der Waals surface area contributed by atoms with Crippen LogP contribution in [0.4, 0.5) is 0 Å². The Hall–Kier alpha value is -2.82. The van der Waals surface area contributed by atoms with Crippen LogP contribution in [0, 0.1) is 13.8 Å². The van der Waals surface area contributed by atoms with Gasteiger partial charge in [-0.25, -0.2) is 0 Å². The van der Waals surface area contributed by atoms with E-state index in [1.807, 2.05) is 50.2 Å². The minimum atomic E-state index is -0.118. The summed E-state index contributed by atoms with van der Waals surface area (Å²) in [6.45, 7) is 5.38. The standard InChI is InChI=1S/C21H26N2O3/c1-16-8-6-9-17(2)20(16)26-15-14-22-19(24)12-7-13-23-21(25)18-10-4-3-5-11-18/h3-6,8-11H,7,12-15H2,1-2H3,(H,22,24)(H,23,25). The number of benzene rings is 2. The first-order valence-corrected chi connectivity index (χ1v) is 8.87. The van der Waals surface area contributed by atoms with E-state index in [-0.39, 0.29) is 11.8 Å². The van der Waals surface area contributed by atoms with Gasteiger partial charge in [-0.2, -0.15) is 0 Å². The van der Waals surface area contributed by atoms with Gasteiger partial charge in [0, 0.05) is 18.5 Å². The molecule has 2 N–H and O–H groups in total. The van der Waals surface area contributed by atoms with Gasteiger partial charge in [0.05, 0.1) is 6.54 Å². The summed E-state index contributed by atoms with van der Waals surface area (Å²) >= 11 is 0. The fourth-order valence-corrected chi connectivity index (χ4v) is 2.60. The van der Waals surface area contributed by atoms with E-state index in [9.17, 15) is 9.59 Å². The molecule has 138 valence electrons. The summed E-state index contributed by atoms with van der Waals surface area (Å²) in [6.07, 6.45) is 0.973. The number of amides is 2. The molecule has 26 heavy (non-hydrogen) atoms. The van der Waals surface area contributed by atoms with Crippen LogP contribution in [0.15, 0.2) is 48.5 Å². The average Bonchev–Trinajstić information content (AvgIpc) is 2.64. The fraction of sp³-hybridized carbons (Fsp3) is 0.333.